The van der Waals surface area contributed by atoms with Crippen LogP contribution in [-0.2, 0) is 0 Å². The lowest BCUT2D eigenvalue weighted by Crippen LogP contribution is -2.05. The number of nitrogen functional groups attached to an aromatic ring is 1. The Hall–Kier alpha value is -1.95. The molecule has 2 N–H and O–H groups in total. The number of anilines is 1. The molecule has 0 aliphatic heterocycles. The van der Waals surface area contributed by atoms with Crippen LogP contribution >= 0.6 is 11.6 Å². The van der Waals surface area contributed by atoms with E-state index in [2.05, 4.69) is 15.0 Å². The SMILES string of the molecule is CCCOc1nc(N)nc(-c2cc(F)cc(Cl)c2)n1. The topological polar surface area (TPSA) is 73.9 Å². The van der Waals surface area contributed by atoms with E-state index in [9.17, 15) is 4.39 Å². The molecular weight excluding hydrogens is 271 g/mol. The Morgan fingerprint density at radius 3 is 2.74 bits per heavy atom. The molecule has 2 aromatic rings. The summed E-state index contributed by atoms with van der Waals surface area (Å²) in [5.74, 6) is -0.242. The highest BCUT2D eigenvalue weighted by atomic mass is 35.5. The molecule has 0 atom stereocenters. The summed E-state index contributed by atoms with van der Waals surface area (Å²) < 4.78 is 18.6. The van der Waals surface area contributed by atoms with Gasteiger partial charge in [0, 0.05) is 10.6 Å². The fourth-order valence-corrected chi connectivity index (χ4v) is 1.66. The molecule has 0 saturated heterocycles. The Kier molecular flexibility index (Phi) is 4.11. The smallest absolute Gasteiger partial charge is 0.321 e. The van der Waals surface area contributed by atoms with Gasteiger partial charge in [0.2, 0.25) is 5.95 Å². The van der Waals surface area contributed by atoms with Crippen molar-refractivity contribution in [2.45, 2.75) is 13.3 Å². The second-order valence-electron chi connectivity index (χ2n) is 3.81. The first-order chi connectivity index (χ1) is 9.08. The van der Waals surface area contributed by atoms with Crippen molar-refractivity contribution in [3.8, 4) is 17.4 Å². The van der Waals surface area contributed by atoms with Gasteiger partial charge >= 0.3 is 6.01 Å². The van der Waals surface area contributed by atoms with Gasteiger partial charge in [0.25, 0.3) is 0 Å². The predicted molar refractivity (Wildman–Crippen MR) is 70.4 cm³/mol. The summed E-state index contributed by atoms with van der Waals surface area (Å²) in [4.78, 5) is 11.9. The summed E-state index contributed by atoms with van der Waals surface area (Å²) >= 11 is 5.79. The molecule has 0 unspecified atom stereocenters. The number of ether oxygens (including phenoxy) is 1. The molecule has 0 radical (unpaired) electrons. The van der Waals surface area contributed by atoms with E-state index in [4.69, 9.17) is 22.1 Å². The number of hydrogen-bond acceptors (Lipinski definition) is 5. The average molecular weight is 283 g/mol. The summed E-state index contributed by atoms with van der Waals surface area (Å²) in [6, 6.07) is 4.13. The molecule has 0 spiro atoms. The summed E-state index contributed by atoms with van der Waals surface area (Å²) in [6.07, 6.45) is 0.812. The first kappa shape index (κ1) is 13.5. The standard InChI is InChI=1S/C12H12ClFN4O/c1-2-3-19-12-17-10(16-11(15)18-12)7-4-8(13)6-9(14)5-7/h4-6H,2-3H2,1H3,(H2,15,16,17,18). The van der Waals surface area contributed by atoms with E-state index in [1.165, 1.54) is 12.1 Å². The van der Waals surface area contributed by atoms with Gasteiger partial charge in [-0.15, -0.1) is 0 Å². The van der Waals surface area contributed by atoms with Crippen LogP contribution in [-0.4, -0.2) is 21.6 Å². The van der Waals surface area contributed by atoms with Crippen LogP contribution in [0.2, 0.25) is 5.02 Å². The monoisotopic (exact) mass is 282 g/mol. The first-order valence-corrected chi connectivity index (χ1v) is 6.07. The lowest BCUT2D eigenvalue weighted by Gasteiger charge is -2.06. The van der Waals surface area contributed by atoms with Crippen molar-refractivity contribution in [2.75, 3.05) is 12.3 Å². The van der Waals surface area contributed by atoms with Gasteiger partial charge in [-0.2, -0.15) is 15.0 Å². The average Bonchev–Trinajstić information content (AvgIpc) is 2.34. The highest BCUT2D eigenvalue weighted by molar-refractivity contribution is 6.30. The second-order valence-corrected chi connectivity index (χ2v) is 4.24. The number of aromatic nitrogens is 3. The zero-order valence-electron chi connectivity index (χ0n) is 10.2. The lowest BCUT2D eigenvalue weighted by atomic mass is 10.2. The largest absolute Gasteiger partial charge is 0.463 e. The van der Waals surface area contributed by atoms with E-state index in [-0.39, 0.29) is 22.8 Å². The van der Waals surface area contributed by atoms with E-state index in [0.29, 0.717) is 12.2 Å². The fraction of sp³-hybridized carbons (Fsp3) is 0.250. The summed E-state index contributed by atoms with van der Waals surface area (Å²) in [7, 11) is 0. The van der Waals surface area contributed by atoms with E-state index >= 15 is 0 Å². The molecule has 0 bridgehead atoms. The van der Waals surface area contributed by atoms with Gasteiger partial charge in [-0.25, -0.2) is 4.39 Å². The molecule has 0 saturated carbocycles. The van der Waals surface area contributed by atoms with Crippen LogP contribution in [0.25, 0.3) is 11.4 Å². The van der Waals surface area contributed by atoms with Gasteiger partial charge in [-0.3, -0.25) is 0 Å². The minimum absolute atomic E-state index is 0.0106. The number of benzene rings is 1. The molecule has 2 rings (SSSR count). The normalized spacial score (nSPS) is 10.5. The van der Waals surface area contributed by atoms with Gasteiger partial charge in [-0.1, -0.05) is 18.5 Å². The molecular formula is C12H12ClFN4O. The van der Waals surface area contributed by atoms with Crippen LogP contribution in [0, 0.1) is 5.82 Å². The minimum atomic E-state index is -0.475. The van der Waals surface area contributed by atoms with Crippen LogP contribution in [0.15, 0.2) is 18.2 Å². The molecule has 100 valence electrons. The maximum atomic E-state index is 13.3. The molecule has 0 amide bonds. The highest BCUT2D eigenvalue weighted by Gasteiger charge is 2.09. The van der Waals surface area contributed by atoms with Gasteiger partial charge in [-0.05, 0) is 24.6 Å². The Morgan fingerprint density at radius 1 is 1.26 bits per heavy atom. The molecule has 1 aromatic heterocycles. The van der Waals surface area contributed by atoms with Crippen molar-refractivity contribution in [1.29, 1.82) is 0 Å². The number of nitrogens with two attached hydrogens (primary N) is 1. The predicted octanol–water partition coefficient (Wildman–Crippen LogP) is 2.70. The third kappa shape index (κ3) is 3.51. The van der Waals surface area contributed by atoms with Crippen LogP contribution in [0.3, 0.4) is 0 Å². The van der Waals surface area contributed by atoms with Crippen molar-refractivity contribution in [1.82, 2.24) is 15.0 Å². The van der Waals surface area contributed by atoms with Crippen molar-refractivity contribution in [2.24, 2.45) is 0 Å². The summed E-state index contributed by atoms with van der Waals surface area (Å²) in [6.45, 7) is 2.42. The van der Waals surface area contributed by atoms with Crippen LogP contribution < -0.4 is 10.5 Å². The van der Waals surface area contributed by atoms with E-state index in [1.807, 2.05) is 6.92 Å². The van der Waals surface area contributed by atoms with Gasteiger partial charge in [0.1, 0.15) is 5.82 Å². The van der Waals surface area contributed by atoms with Gasteiger partial charge in [0.15, 0.2) is 5.82 Å². The maximum Gasteiger partial charge on any atom is 0.321 e. The quantitative estimate of drug-likeness (QED) is 0.933. The van der Waals surface area contributed by atoms with E-state index in [1.54, 1.807) is 6.07 Å². The molecule has 0 aliphatic rings. The van der Waals surface area contributed by atoms with Crippen molar-refractivity contribution in [3.63, 3.8) is 0 Å². The zero-order chi connectivity index (χ0) is 13.8. The van der Waals surface area contributed by atoms with E-state index in [0.717, 1.165) is 6.42 Å². The first-order valence-electron chi connectivity index (χ1n) is 5.69. The number of hydrogen-bond donors (Lipinski definition) is 1. The van der Waals surface area contributed by atoms with Crippen LogP contribution in [0.5, 0.6) is 6.01 Å². The van der Waals surface area contributed by atoms with Crippen LogP contribution in [0.4, 0.5) is 10.3 Å². The Bertz CT molecular complexity index is 574. The van der Waals surface area contributed by atoms with Crippen molar-refractivity contribution < 1.29 is 9.13 Å². The molecule has 5 nitrogen and oxygen atoms in total. The molecule has 0 fully saturated rings. The highest BCUT2D eigenvalue weighted by Crippen LogP contribution is 2.23. The van der Waals surface area contributed by atoms with Gasteiger partial charge in [0.05, 0.1) is 6.61 Å². The molecule has 1 aromatic carbocycles. The molecule has 0 aliphatic carbocycles. The zero-order valence-corrected chi connectivity index (χ0v) is 11.0. The Balaban J connectivity index is 2.40. The summed E-state index contributed by atoms with van der Waals surface area (Å²) in [5.41, 5.74) is 5.99. The van der Waals surface area contributed by atoms with Crippen molar-refractivity contribution in [3.05, 3.63) is 29.0 Å². The molecule has 7 heteroatoms. The second kappa shape index (κ2) is 5.79. The maximum absolute atomic E-state index is 13.3. The summed E-state index contributed by atoms with van der Waals surface area (Å²) in [5, 5.41) is 0.255. The van der Waals surface area contributed by atoms with Crippen molar-refractivity contribution >= 4 is 17.5 Å². The molecule has 19 heavy (non-hydrogen) atoms. The Morgan fingerprint density at radius 2 is 2.05 bits per heavy atom. The number of halogens is 2. The third-order valence-electron chi connectivity index (χ3n) is 2.19. The minimum Gasteiger partial charge on any atom is -0.463 e. The molecule has 1 heterocycles. The Labute approximate surface area is 114 Å². The van der Waals surface area contributed by atoms with E-state index < -0.39 is 5.82 Å². The fourth-order valence-electron chi connectivity index (χ4n) is 1.44. The lowest BCUT2D eigenvalue weighted by molar-refractivity contribution is 0.292. The van der Waals surface area contributed by atoms with Crippen LogP contribution in [0.1, 0.15) is 13.3 Å². The third-order valence-corrected chi connectivity index (χ3v) is 2.41. The number of rotatable bonds is 4. The van der Waals surface area contributed by atoms with Gasteiger partial charge < -0.3 is 10.5 Å². The number of nitrogens with zero attached hydrogens (tertiary/aromatic N) is 3.